The van der Waals surface area contributed by atoms with E-state index in [1.807, 2.05) is 49.3 Å². The first-order chi connectivity index (χ1) is 9.13. The Kier molecular flexibility index (Phi) is 4.45. The molecule has 1 aromatic carbocycles. The Balaban J connectivity index is 2.31. The molecule has 1 aliphatic heterocycles. The number of anilines is 1. The van der Waals surface area contributed by atoms with Crippen LogP contribution in [0.25, 0.3) is 0 Å². The van der Waals surface area contributed by atoms with Crippen LogP contribution in [0.5, 0.6) is 0 Å². The Morgan fingerprint density at radius 3 is 2.63 bits per heavy atom. The van der Waals surface area contributed by atoms with Crippen molar-refractivity contribution in [1.29, 1.82) is 0 Å². The van der Waals surface area contributed by atoms with Gasteiger partial charge in [0.2, 0.25) is 5.91 Å². The predicted molar refractivity (Wildman–Crippen MR) is 78.0 cm³/mol. The molecule has 4 nitrogen and oxygen atoms in total. The summed E-state index contributed by atoms with van der Waals surface area (Å²) >= 11 is 5.74. The second kappa shape index (κ2) is 6.08. The number of hydrogen-bond acceptors (Lipinski definition) is 3. The fraction of sp³-hybridized carbons (Fsp3) is 0.357. The smallest absolute Gasteiger partial charge is 0.243 e. The molecule has 5 heteroatoms. The molecule has 0 radical (unpaired) electrons. The van der Waals surface area contributed by atoms with Crippen molar-refractivity contribution >= 4 is 23.2 Å². The van der Waals surface area contributed by atoms with E-state index in [-0.39, 0.29) is 11.8 Å². The predicted octanol–water partition coefficient (Wildman–Crippen LogP) is 2.17. The lowest BCUT2D eigenvalue weighted by molar-refractivity contribution is -0.116. The fourth-order valence-corrected chi connectivity index (χ4v) is 2.37. The van der Waals surface area contributed by atoms with Crippen molar-refractivity contribution in [1.82, 2.24) is 10.4 Å². The molecule has 0 fully saturated rings. The number of para-hydroxylation sites is 1. The standard InChI is InChI=1S/C14H18ClN3O/c1-11-5-3-6-12(2)14(11)18(13(19)9-15)10-17-8-4-7-16-17/h3-6,8,16H,7,9-10H2,1-2H3. The van der Waals surface area contributed by atoms with Gasteiger partial charge in [-0.15, -0.1) is 11.6 Å². The number of hydrazine groups is 1. The lowest BCUT2D eigenvalue weighted by Crippen LogP contribution is -2.44. The zero-order valence-electron chi connectivity index (χ0n) is 11.2. The zero-order chi connectivity index (χ0) is 13.8. The summed E-state index contributed by atoms with van der Waals surface area (Å²) < 4.78 is 0. The molecule has 1 aliphatic rings. The van der Waals surface area contributed by atoms with Crippen LogP contribution in [0.3, 0.4) is 0 Å². The average Bonchev–Trinajstić information content (AvgIpc) is 2.89. The molecule has 0 unspecified atom stereocenters. The molecular formula is C14H18ClN3O. The summed E-state index contributed by atoms with van der Waals surface area (Å²) in [7, 11) is 0. The molecule has 1 aromatic rings. The number of amides is 1. The van der Waals surface area contributed by atoms with E-state index in [1.54, 1.807) is 4.90 Å². The number of halogens is 1. The Hall–Kier alpha value is -1.52. The molecule has 102 valence electrons. The molecule has 1 heterocycles. The van der Waals surface area contributed by atoms with Gasteiger partial charge in [0, 0.05) is 12.7 Å². The number of carbonyl (C=O) groups excluding carboxylic acids is 1. The third-order valence-corrected chi connectivity index (χ3v) is 3.34. The van der Waals surface area contributed by atoms with E-state index < -0.39 is 0 Å². The molecule has 0 aliphatic carbocycles. The van der Waals surface area contributed by atoms with E-state index in [2.05, 4.69) is 5.43 Å². The van der Waals surface area contributed by atoms with Gasteiger partial charge < -0.3 is 0 Å². The number of benzene rings is 1. The monoisotopic (exact) mass is 279 g/mol. The van der Waals surface area contributed by atoms with Crippen LogP contribution in [-0.4, -0.2) is 30.0 Å². The molecule has 0 atom stereocenters. The first-order valence-corrected chi connectivity index (χ1v) is 6.76. The van der Waals surface area contributed by atoms with Crippen LogP contribution in [0.4, 0.5) is 5.69 Å². The van der Waals surface area contributed by atoms with E-state index >= 15 is 0 Å². The van der Waals surface area contributed by atoms with Gasteiger partial charge in [-0.3, -0.25) is 14.7 Å². The highest BCUT2D eigenvalue weighted by Crippen LogP contribution is 2.25. The summed E-state index contributed by atoms with van der Waals surface area (Å²) in [6.45, 7) is 5.25. The van der Waals surface area contributed by atoms with Gasteiger partial charge in [0.25, 0.3) is 0 Å². The van der Waals surface area contributed by atoms with Crippen molar-refractivity contribution in [3.8, 4) is 0 Å². The summed E-state index contributed by atoms with van der Waals surface area (Å²) in [6.07, 6.45) is 3.94. The van der Waals surface area contributed by atoms with Gasteiger partial charge in [0.15, 0.2) is 0 Å². The zero-order valence-corrected chi connectivity index (χ0v) is 11.9. The average molecular weight is 280 g/mol. The normalized spacial score (nSPS) is 13.9. The van der Waals surface area contributed by atoms with Gasteiger partial charge in [-0.1, -0.05) is 24.3 Å². The fourth-order valence-electron chi connectivity index (χ4n) is 2.23. The van der Waals surface area contributed by atoms with Gasteiger partial charge in [0.05, 0.1) is 5.69 Å². The summed E-state index contributed by atoms with van der Waals surface area (Å²) in [5, 5.41) is 1.89. The van der Waals surface area contributed by atoms with Crippen LogP contribution in [0.1, 0.15) is 11.1 Å². The highest BCUT2D eigenvalue weighted by Gasteiger charge is 2.21. The number of rotatable bonds is 4. The van der Waals surface area contributed by atoms with Gasteiger partial charge >= 0.3 is 0 Å². The molecular weight excluding hydrogens is 262 g/mol. The van der Waals surface area contributed by atoms with Crippen molar-refractivity contribution in [2.45, 2.75) is 13.8 Å². The van der Waals surface area contributed by atoms with Gasteiger partial charge in [0.1, 0.15) is 12.5 Å². The van der Waals surface area contributed by atoms with Crippen LogP contribution < -0.4 is 10.3 Å². The number of hydrogen-bond donors (Lipinski definition) is 1. The minimum absolute atomic E-state index is 0.0225. The Morgan fingerprint density at radius 2 is 2.11 bits per heavy atom. The van der Waals surface area contributed by atoms with Crippen LogP contribution in [0, 0.1) is 13.8 Å². The molecule has 2 rings (SSSR count). The van der Waals surface area contributed by atoms with Crippen molar-refractivity contribution in [3.63, 3.8) is 0 Å². The Morgan fingerprint density at radius 1 is 1.42 bits per heavy atom. The second-order valence-electron chi connectivity index (χ2n) is 4.55. The maximum Gasteiger partial charge on any atom is 0.243 e. The number of alkyl halides is 1. The van der Waals surface area contributed by atoms with Crippen molar-refractivity contribution < 1.29 is 4.79 Å². The van der Waals surface area contributed by atoms with E-state index in [0.29, 0.717) is 6.67 Å². The summed E-state index contributed by atoms with van der Waals surface area (Å²) in [5.74, 6) is -0.119. The molecule has 0 aromatic heterocycles. The number of nitrogens with one attached hydrogen (secondary N) is 1. The van der Waals surface area contributed by atoms with E-state index in [4.69, 9.17) is 11.6 Å². The van der Waals surface area contributed by atoms with Gasteiger partial charge in [-0.25, -0.2) is 5.43 Å². The molecule has 0 bridgehead atoms. The summed E-state index contributed by atoms with van der Waals surface area (Å²) in [5.41, 5.74) is 6.24. The highest BCUT2D eigenvalue weighted by atomic mass is 35.5. The third-order valence-electron chi connectivity index (χ3n) is 3.12. The van der Waals surface area contributed by atoms with Crippen LogP contribution >= 0.6 is 11.6 Å². The van der Waals surface area contributed by atoms with E-state index in [9.17, 15) is 4.79 Å². The Labute approximate surface area is 118 Å². The van der Waals surface area contributed by atoms with E-state index in [1.165, 1.54) is 0 Å². The lowest BCUT2D eigenvalue weighted by Gasteiger charge is -2.30. The van der Waals surface area contributed by atoms with Gasteiger partial charge in [-0.2, -0.15) is 0 Å². The SMILES string of the molecule is Cc1cccc(C)c1N(CN1C=CCN1)C(=O)CCl. The lowest BCUT2D eigenvalue weighted by atomic mass is 10.1. The van der Waals surface area contributed by atoms with Crippen LogP contribution in [-0.2, 0) is 4.79 Å². The van der Waals surface area contributed by atoms with Crippen molar-refractivity contribution in [2.75, 3.05) is 24.0 Å². The largest absolute Gasteiger partial charge is 0.296 e. The van der Waals surface area contributed by atoms with Crippen LogP contribution in [0.2, 0.25) is 0 Å². The molecule has 19 heavy (non-hydrogen) atoms. The highest BCUT2D eigenvalue weighted by molar-refractivity contribution is 6.29. The van der Waals surface area contributed by atoms with E-state index in [0.717, 1.165) is 23.4 Å². The minimum atomic E-state index is -0.0961. The number of carbonyl (C=O) groups is 1. The minimum Gasteiger partial charge on any atom is -0.296 e. The molecule has 0 spiro atoms. The third kappa shape index (κ3) is 3.08. The molecule has 1 N–H and O–H groups in total. The Bertz CT molecular complexity index is 481. The first kappa shape index (κ1) is 13.9. The topological polar surface area (TPSA) is 35.6 Å². The quantitative estimate of drug-likeness (QED) is 0.858. The van der Waals surface area contributed by atoms with Crippen molar-refractivity contribution in [2.24, 2.45) is 0 Å². The number of nitrogens with zero attached hydrogens (tertiary/aromatic N) is 2. The molecule has 0 saturated heterocycles. The summed E-state index contributed by atoms with van der Waals surface area (Å²) in [4.78, 5) is 13.8. The van der Waals surface area contributed by atoms with Gasteiger partial charge in [-0.05, 0) is 25.0 Å². The molecule has 0 saturated carbocycles. The molecule has 1 amide bonds. The number of aryl methyl sites for hydroxylation is 2. The second-order valence-corrected chi connectivity index (χ2v) is 4.82. The van der Waals surface area contributed by atoms with Crippen molar-refractivity contribution in [3.05, 3.63) is 41.6 Å². The maximum absolute atomic E-state index is 12.1. The maximum atomic E-state index is 12.1. The first-order valence-electron chi connectivity index (χ1n) is 6.23. The van der Waals surface area contributed by atoms with Crippen LogP contribution in [0.15, 0.2) is 30.5 Å². The summed E-state index contributed by atoms with van der Waals surface area (Å²) in [6, 6.07) is 6.00.